The number of thioether (sulfide) groups is 1. The summed E-state index contributed by atoms with van der Waals surface area (Å²) in [7, 11) is 0. The highest BCUT2D eigenvalue weighted by Gasteiger charge is 2.21. The van der Waals surface area contributed by atoms with Crippen molar-refractivity contribution in [2.75, 3.05) is 0 Å². The minimum Gasteiger partial charge on any atom is -0.272 e. The van der Waals surface area contributed by atoms with E-state index in [0.717, 1.165) is 11.8 Å². The van der Waals surface area contributed by atoms with Gasteiger partial charge in [-0.3, -0.25) is 9.59 Å². The van der Waals surface area contributed by atoms with Crippen LogP contribution < -0.4 is 10.9 Å². The second-order valence-electron chi connectivity index (χ2n) is 6.00. The maximum Gasteiger partial charge on any atom is 0.252 e. The number of carbonyl (C=O) groups is 2. The number of carbonyl (C=O) groups excluding carboxylic acids is 2. The number of benzene rings is 2. The van der Waals surface area contributed by atoms with E-state index in [1.165, 1.54) is 48.8 Å². The molecule has 29 heavy (non-hydrogen) atoms. The van der Waals surface area contributed by atoms with Crippen LogP contribution in [0.3, 0.4) is 0 Å². The Kier molecular flexibility index (Phi) is 8.47. The van der Waals surface area contributed by atoms with Crippen molar-refractivity contribution in [2.24, 2.45) is 10.2 Å². The third kappa shape index (κ3) is 7.82. The van der Waals surface area contributed by atoms with Crippen LogP contribution >= 0.6 is 11.8 Å². The second kappa shape index (κ2) is 11.1. The molecule has 0 aliphatic heterocycles. The topological polar surface area (TPSA) is 82.9 Å². The Morgan fingerprint density at radius 2 is 1.28 bits per heavy atom. The number of halogens is 2. The Morgan fingerprint density at radius 1 is 0.862 bits per heavy atom. The zero-order chi connectivity index (χ0) is 21.2. The third-order valence-corrected chi connectivity index (χ3v) is 4.87. The molecular weight excluding hydrogens is 398 g/mol. The van der Waals surface area contributed by atoms with E-state index in [2.05, 4.69) is 21.1 Å². The Hall–Kier alpha value is -3.07. The van der Waals surface area contributed by atoms with Gasteiger partial charge in [-0.25, -0.2) is 19.6 Å². The molecule has 0 aliphatic rings. The van der Waals surface area contributed by atoms with Crippen LogP contribution in [-0.2, 0) is 9.59 Å². The minimum absolute atomic E-state index is 0.398. The normalized spacial score (nSPS) is 13.4. The first-order chi connectivity index (χ1) is 13.8. The van der Waals surface area contributed by atoms with Gasteiger partial charge in [-0.2, -0.15) is 10.2 Å². The summed E-state index contributed by atoms with van der Waals surface area (Å²) in [5, 5.41) is 6.45. The summed E-state index contributed by atoms with van der Waals surface area (Å²) in [6.45, 7) is 3.27. The van der Waals surface area contributed by atoms with E-state index in [-0.39, 0.29) is 0 Å². The van der Waals surface area contributed by atoms with Crippen LogP contribution in [-0.4, -0.2) is 34.7 Å². The van der Waals surface area contributed by atoms with Gasteiger partial charge in [-0.1, -0.05) is 24.3 Å². The summed E-state index contributed by atoms with van der Waals surface area (Å²) in [6, 6.07) is 11.5. The Bertz CT molecular complexity index is 847. The highest BCUT2D eigenvalue weighted by Crippen LogP contribution is 2.17. The molecule has 0 radical (unpaired) electrons. The first-order valence-electron chi connectivity index (χ1n) is 8.67. The molecule has 2 amide bonds. The van der Waals surface area contributed by atoms with Crippen molar-refractivity contribution < 1.29 is 18.4 Å². The largest absolute Gasteiger partial charge is 0.272 e. The molecule has 2 atom stereocenters. The molecule has 0 fully saturated rings. The lowest BCUT2D eigenvalue weighted by Gasteiger charge is -2.14. The van der Waals surface area contributed by atoms with Crippen LogP contribution in [0.4, 0.5) is 8.78 Å². The number of amides is 2. The zero-order valence-corrected chi connectivity index (χ0v) is 16.6. The molecule has 2 aromatic carbocycles. The standard InChI is InChI=1S/C20H20F2N4O2S/c1-13(19(27)25-23-11-15-5-3-7-17(21)9-15)29-14(2)20(28)26-24-12-16-6-4-8-18(22)10-16/h3-14H,1-2H3,(H,25,27)(H,26,28)/b23-11-,24-12+. The maximum atomic E-state index is 13.1. The molecule has 6 nitrogen and oxygen atoms in total. The van der Waals surface area contributed by atoms with Gasteiger partial charge >= 0.3 is 0 Å². The summed E-state index contributed by atoms with van der Waals surface area (Å²) in [5.41, 5.74) is 5.73. The summed E-state index contributed by atoms with van der Waals surface area (Å²) in [5.74, 6) is -1.59. The summed E-state index contributed by atoms with van der Waals surface area (Å²) in [4.78, 5) is 24.1. The van der Waals surface area contributed by atoms with E-state index >= 15 is 0 Å². The fourth-order valence-electron chi connectivity index (χ4n) is 2.13. The molecule has 9 heteroatoms. The number of nitrogens with one attached hydrogen (secondary N) is 2. The lowest BCUT2D eigenvalue weighted by atomic mass is 10.2. The SMILES string of the molecule is CC(SC(C)C(=O)N/N=C/c1cccc(F)c1)C(=O)N/N=C\c1cccc(F)c1. The van der Waals surface area contributed by atoms with E-state index in [1.807, 2.05) is 0 Å². The van der Waals surface area contributed by atoms with Crippen molar-refractivity contribution in [2.45, 2.75) is 24.3 Å². The summed E-state index contributed by atoms with van der Waals surface area (Å²) >= 11 is 1.12. The highest BCUT2D eigenvalue weighted by molar-refractivity contribution is 8.01. The fourth-order valence-corrected chi connectivity index (χ4v) is 3.09. The third-order valence-electron chi connectivity index (χ3n) is 3.62. The average Bonchev–Trinajstić information content (AvgIpc) is 2.67. The summed E-state index contributed by atoms with van der Waals surface area (Å²) in [6.07, 6.45) is 2.66. The first kappa shape index (κ1) is 22.2. The van der Waals surface area contributed by atoms with E-state index < -0.39 is 33.9 Å². The Morgan fingerprint density at radius 3 is 1.66 bits per heavy atom. The van der Waals surface area contributed by atoms with Crippen LogP contribution in [0.2, 0.25) is 0 Å². The van der Waals surface area contributed by atoms with E-state index in [0.29, 0.717) is 11.1 Å². The number of hydrazone groups is 2. The second-order valence-corrected chi connectivity index (χ2v) is 7.69. The molecule has 2 N–H and O–H groups in total. The number of hydrogen-bond acceptors (Lipinski definition) is 5. The lowest BCUT2D eigenvalue weighted by molar-refractivity contribution is -0.120. The van der Waals surface area contributed by atoms with Gasteiger partial charge in [0, 0.05) is 0 Å². The van der Waals surface area contributed by atoms with Crippen molar-refractivity contribution >= 4 is 36.0 Å². The number of rotatable bonds is 8. The number of hydrogen-bond donors (Lipinski definition) is 2. The van der Waals surface area contributed by atoms with Gasteiger partial charge in [0.1, 0.15) is 11.6 Å². The molecule has 0 aromatic heterocycles. The van der Waals surface area contributed by atoms with E-state index in [9.17, 15) is 18.4 Å². The average molecular weight is 418 g/mol. The van der Waals surface area contributed by atoms with Crippen LogP contribution in [0.1, 0.15) is 25.0 Å². The van der Waals surface area contributed by atoms with Gasteiger partial charge in [-0.05, 0) is 49.2 Å². The molecular formula is C20H20F2N4O2S. The van der Waals surface area contributed by atoms with Crippen LogP contribution in [0.25, 0.3) is 0 Å². The highest BCUT2D eigenvalue weighted by atomic mass is 32.2. The van der Waals surface area contributed by atoms with Crippen molar-refractivity contribution in [3.63, 3.8) is 0 Å². The molecule has 0 saturated heterocycles. The molecule has 0 aliphatic carbocycles. The predicted molar refractivity (Wildman–Crippen MR) is 111 cm³/mol. The number of nitrogens with zero attached hydrogens (tertiary/aromatic N) is 2. The molecule has 2 unspecified atom stereocenters. The Balaban J connectivity index is 1.78. The monoisotopic (exact) mass is 418 g/mol. The van der Waals surface area contributed by atoms with Crippen molar-refractivity contribution in [1.82, 2.24) is 10.9 Å². The molecule has 2 aromatic rings. The molecule has 0 heterocycles. The van der Waals surface area contributed by atoms with E-state index in [4.69, 9.17) is 0 Å². The van der Waals surface area contributed by atoms with Crippen molar-refractivity contribution in [3.05, 3.63) is 71.3 Å². The minimum atomic E-state index is -0.562. The van der Waals surface area contributed by atoms with Crippen LogP contribution in [0, 0.1) is 11.6 Å². The van der Waals surface area contributed by atoms with Gasteiger partial charge in [0.15, 0.2) is 0 Å². The zero-order valence-electron chi connectivity index (χ0n) is 15.8. The molecule has 0 saturated carbocycles. The van der Waals surface area contributed by atoms with Gasteiger partial charge in [0.25, 0.3) is 11.8 Å². The van der Waals surface area contributed by atoms with Gasteiger partial charge in [-0.15, -0.1) is 11.8 Å². The summed E-state index contributed by atoms with van der Waals surface area (Å²) < 4.78 is 26.2. The first-order valence-corrected chi connectivity index (χ1v) is 9.62. The fraction of sp³-hybridized carbons (Fsp3) is 0.200. The van der Waals surface area contributed by atoms with E-state index in [1.54, 1.807) is 26.0 Å². The predicted octanol–water partition coefficient (Wildman–Crippen LogP) is 3.08. The molecule has 2 rings (SSSR count). The molecule has 152 valence electrons. The maximum absolute atomic E-state index is 13.1. The van der Waals surface area contributed by atoms with Crippen molar-refractivity contribution in [1.29, 1.82) is 0 Å². The quantitative estimate of drug-likeness (QED) is 0.511. The van der Waals surface area contributed by atoms with Gasteiger partial charge in [0.2, 0.25) is 0 Å². The van der Waals surface area contributed by atoms with Gasteiger partial charge < -0.3 is 0 Å². The Labute approximate surface area is 171 Å². The molecule has 0 spiro atoms. The molecule has 0 bridgehead atoms. The van der Waals surface area contributed by atoms with Crippen molar-refractivity contribution in [3.8, 4) is 0 Å². The van der Waals surface area contributed by atoms with Crippen LogP contribution in [0.15, 0.2) is 58.7 Å². The van der Waals surface area contributed by atoms with Crippen LogP contribution in [0.5, 0.6) is 0 Å². The lowest BCUT2D eigenvalue weighted by Crippen LogP contribution is -2.33. The smallest absolute Gasteiger partial charge is 0.252 e. The van der Waals surface area contributed by atoms with Gasteiger partial charge in [0.05, 0.1) is 22.9 Å².